The number of anilines is 4. The van der Waals surface area contributed by atoms with Crippen LogP contribution >= 0.6 is 0 Å². The number of ether oxygens (including phenoxy) is 4. The van der Waals surface area contributed by atoms with Gasteiger partial charge in [0, 0.05) is 125 Å². The van der Waals surface area contributed by atoms with Crippen LogP contribution in [0.2, 0.25) is 0 Å². The third kappa shape index (κ3) is 18.7. The van der Waals surface area contributed by atoms with Gasteiger partial charge in [0.15, 0.2) is 36.7 Å². The predicted octanol–water partition coefficient (Wildman–Crippen LogP) is 7.20. The number of Topliss-reactive ketones (excluding diaryl/α,β-unsaturated/α-hetero) is 2. The Hall–Kier alpha value is -10.7. The number of hydrogen-bond acceptors (Lipinski definition) is 24. The summed E-state index contributed by atoms with van der Waals surface area (Å²) in [5.41, 5.74) is 29.3. The predicted molar refractivity (Wildman–Crippen MR) is 310 cm³/mol. The van der Waals surface area contributed by atoms with E-state index in [1.807, 2.05) is 46.4 Å². The fourth-order valence-electron chi connectivity index (χ4n) is 6.94. The van der Waals surface area contributed by atoms with Crippen molar-refractivity contribution in [3.63, 3.8) is 0 Å². The highest BCUT2D eigenvalue weighted by Gasteiger charge is 2.16. The Balaban J connectivity index is 0.000000205. The normalized spacial score (nSPS) is 10.5. The molecule has 0 fully saturated rings. The van der Waals surface area contributed by atoms with E-state index >= 15 is 0 Å². The van der Waals surface area contributed by atoms with E-state index in [-0.39, 0.29) is 77.6 Å². The van der Waals surface area contributed by atoms with Crippen molar-refractivity contribution in [1.82, 2.24) is 49.7 Å². The van der Waals surface area contributed by atoms with Crippen LogP contribution in [0.3, 0.4) is 0 Å². The molecule has 0 aliphatic rings. The number of benzene rings is 4. The fraction of sp³-hybridized carbons (Fsp3) is 0.172. The van der Waals surface area contributed by atoms with Crippen LogP contribution in [0.5, 0.6) is 23.0 Å². The van der Waals surface area contributed by atoms with Gasteiger partial charge < -0.3 is 61.9 Å². The maximum absolute atomic E-state index is 12.4. The number of nitrogen functional groups attached to an aromatic ring is 4. The molecule has 0 saturated heterocycles. The molecule has 0 radical (unpaired) electrons. The minimum absolute atomic E-state index is 0.0193. The number of rotatable bonds is 18. The summed E-state index contributed by atoms with van der Waals surface area (Å²) in [5, 5.41) is 19.3. The lowest BCUT2D eigenvalue weighted by molar-refractivity contribution is 0.0503. The highest BCUT2D eigenvalue weighted by atomic mass is 16.7. The SMILES string of the molecule is CC(=O)c1ccc(O)c(C(C)=O)c1.COCOc1ccc(-c2ccnc(N)n2)cc1-c1ccnc(N)n1.COCOc1ccc(C(=O)/C=C/N(C)C)cc1C(=O)/C=C/N(C)C.Nc1nccc(-c2ccc(O)c(-c3ccnc(N)n3)c2)n1. The van der Waals surface area contributed by atoms with Crippen molar-refractivity contribution in [2.24, 2.45) is 0 Å². The minimum Gasteiger partial charge on any atom is -0.507 e. The maximum Gasteiger partial charge on any atom is 0.220 e. The zero-order valence-corrected chi connectivity index (χ0v) is 46.2. The third-order valence-corrected chi connectivity index (χ3v) is 10.8. The topological polar surface area (TPSA) is 359 Å². The molecule has 0 unspecified atom stereocenters. The number of nitrogens with two attached hydrogens (primary N) is 4. The number of methoxy groups -OCH3 is 2. The second-order valence-electron chi connectivity index (χ2n) is 17.6. The highest BCUT2D eigenvalue weighted by molar-refractivity contribution is 6.10. The second kappa shape index (κ2) is 30.4. The Morgan fingerprint density at radius 3 is 1.38 bits per heavy atom. The molecule has 10 N–H and O–H groups in total. The van der Waals surface area contributed by atoms with Crippen LogP contribution in [-0.4, -0.2) is 139 Å². The number of hydrogen-bond donors (Lipinski definition) is 6. The summed E-state index contributed by atoms with van der Waals surface area (Å²) in [6.07, 6.45) is 12.5. The molecule has 8 aromatic rings. The van der Waals surface area contributed by atoms with E-state index in [4.69, 9.17) is 41.9 Å². The lowest BCUT2D eigenvalue weighted by Gasteiger charge is -2.12. The van der Waals surface area contributed by atoms with Crippen molar-refractivity contribution in [2.75, 3.05) is 78.9 Å². The van der Waals surface area contributed by atoms with Crippen LogP contribution in [-0.2, 0) is 9.47 Å². The molecule has 0 spiro atoms. The van der Waals surface area contributed by atoms with Crippen molar-refractivity contribution in [3.8, 4) is 68.0 Å². The van der Waals surface area contributed by atoms with Crippen molar-refractivity contribution in [1.29, 1.82) is 0 Å². The second-order valence-corrected chi connectivity index (χ2v) is 17.6. The van der Waals surface area contributed by atoms with Gasteiger partial charge in [0.05, 0.1) is 33.9 Å². The first-order chi connectivity index (χ1) is 39.2. The molecule has 8 rings (SSSR count). The molecule has 24 heteroatoms. The Bertz CT molecular complexity index is 3580. The van der Waals surface area contributed by atoms with Crippen LogP contribution in [0.15, 0.2) is 146 Å². The third-order valence-electron chi connectivity index (χ3n) is 10.8. The van der Waals surface area contributed by atoms with Crippen molar-refractivity contribution in [3.05, 3.63) is 169 Å². The molecule has 0 aliphatic carbocycles. The van der Waals surface area contributed by atoms with E-state index in [9.17, 15) is 29.4 Å². The summed E-state index contributed by atoms with van der Waals surface area (Å²) in [6.45, 7) is 2.90. The number of carbonyl (C=O) groups excluding carboxylic acids is 4. The Morgan fingerprint density at radius 2 is 0.890 bits per heavy atom. The first-order valence-corrected chi connectivity index (χ1v) is 24.5. The van der Waals surface area contributed by atoms with Gasteiger partial charge in [-0.05, 0) is 111 Å². The molecule has 0 atom stereocenters. The standard InChI is InChI=1S/C18H24N2O4.C16H16N6O2.C14H12N6O.C10H10O3/c1-19(2)10-8-16(21)14-6-7-18(24-13-23-5)15(12-14)17(22)9-11-20(3)4;1-23-9-24-14-3-2-10(12-4-6-19-15(17)21-12)8-11(14)13-5-7-20-16(18)22-13;15-13-17-5-3-10(19-13)8-1-2-12(21)9(7-8)11-4-6-18-14(16)20-11;1-6(11)8-3-4-10(13)9(5-8)7(2)12/h6-12H,13H2,1-5H3;2-8H,9H2,1H3,(H2,17,19,21)(H2,18,20,22);1-7,21H,(H2,15,17,19)(H2,16,18,20);3-5,13H,1-2H3/b10-8+,11-9+;;;. The molecule has 0 saturated carbocycles. The number of ketones is 4. The number of allylic oxidation sites excluding steroid dienone is 2. The Morgan fingerprint density at radius 1 is 0.476 bits per heavy atom. The van der Waals surface area contributed by atoms with Crippen LogP contribution in [0, 0.1) is 0 Å². The zero-order valence-electron chi connectivity index (χ0n) is 46.2. The number of nitrogens with zero attached hydrogens (tertiary/aromatic N) is 10. The molecule has 4 aromatic heterocycles. The van der Waals surface area contributed by atoms with Crippen LogP contribution < -0.4 is 32.4 Å². The summed E-state index contributed by atoms with van der Waals surface area (Å²) in [7, 11) is 10.3. The quantitative estimate of drug-likeness (QED) is 0.0281. The van der Waals surface area contributed by atoms with E-state index in [2.05, 4.69) is 39.9 Å². The van der Waals surface area contributed by atoms with Gasteiger partial charge >= 0.3 is 0 Å². The monoisotopic (exact) mass is 1110 g/mol. The summed E-state index contributed by atoms with van der Waals surface area (Å²) >= 11 is 0. The molecule has 0 aliphatic heterocycles. The van der Waals surface area contributed by atoms with Crippen molar-refractivity contribution >= 4 is 46.9 Å². The molecule has 82 heavy (non-hydrogen) atoms. The number of aromatic nitrogens is 8. The number of carbonyl (C=O) groups is 4. The van der Waals surface area contributed by atoms with Crippen molar-refractivity contribution < 1.29 is 48.3 Å². The smallest absolute Gasteiger partial charge is 0.220 e. The molecular weight excluding hydrogens is 1050 g/mol. The molecule has 4 heterocycles. The fourth-order valence-corrected chi connectivity index (χ4v) is 6.94. The van der Waals surface area contributed by atoms with E-state index in [1.165, 1.54) is 63.6 Å². The largest absolute Gasteiger partial charge is 0.507 e. The average Bonchev–Trinajstić information content (AvgIpc) is 3.50. The van der Waals surface area contributed by atoms with Gasteiger partial charge in [-0.2, -0.15) is 0 Å². The van der Waals surface area contributed by atoms with Gasteiger partial charge in [0.25, 0.3) is 0 Å². The highest BCUT2D eigenvalue weighted by Crippen LogP contribution is 2.34. The van der Waals surface area contributed by atoms with Gasteiger partial charge in [0.1, 0.15) is 23.0 Å². The first-order valence-electron chi connectivity index (χ1n) is 24.5. The van der Waals surface area contributed by atoms with Crippen LogP contribution in [0.25, 0.3) is 45.0 Å². The Labute approximate surface area is 472 Å². The molecule has 4 aromatic carbocycles. The average molecular weight is 1120 g/mol. The molecule has 0 amide bonds. The first kappa shape index (κ1) is 62.1. The van der Waals surface area contributed by atoms with Crippen LogP contribution in [0.4, 0.5) is 23.8 Å². The molecule has 424 valence electrons. The van der Waals surface area contributed by atoms with Gasteiger partial charge in [-0.25, -0.2) is 39.9 Å². The van der Waals surface area contributed by atoms with Gasteiger partial charge in [0.2, 0.25) is 23.8 Å². The molecular formula is C58H62N14O10. The molecule has 0 bridgehead atoms. The summed E-state index contributed by atoms with van der Waals surface area (Å²) in [6, 6.07) is 26.6. The Kier molecular flexibility index (Phi) is 23.1. The maximum atomic E-state index is 12.4. The van der Waals surface area contributed by atoms with Gasteiger partial charge in [-0.3, -0.25) is 19.2 Å². The van der Waals surface area contributed by atoms with E-state index < -0.39 is 0 Å². The van der Waals surface area contributed by atoms with Crippen LogP contribution in [0.1, 0.15) is 55.3 Å². The number of phenols is 2. The van der Waals surface area contributed by atoms with Gasteiger partial charge in [-0.1, -0.05) is 0 Å². The lowest BCUT2D eigenvalue weighted by Crippen LogP contribution is -2.08. The number of phenolic OH excluding ortho intramolecular Hbond substituents is 2. The summed E-state index contributed by atoms with van der Waals surface area (Å²) in [4.78, 5) is 82.3. The summed E-state index contributed by atoms with van der Waals surface area (Å²) < 4.78 is 20.9. The van der Waals surface area contributed by atoms with E-state index in [1.54, 1.807) is 102 Å². The lowest BCUT2D eigenvalue weighted by atomic mass is 10.0. The van der Waals surface area contributed by atoms with E-state index in [0.29, 0.717) is 56.5 Å². The van der Waals surface area contributed by atoms with Crippen molar-refractivity contribution in [2.45, 2.75) is 13.8 Å². The number of aromatic hydroxyl groups is 2. The van der Waals surface area contributed by atoms with E-state index in [0.717, 1.165) is 16.7 Å². The van der Waals surface area contributed by atoms with Gasteiger partial charge in [-0.15, -0.1) is 0 Å². The zero-order chi connectivity index (χ0) is 59.9. The molecule has 24 nitrogen and oxygen atoms in total. The minimum atomic E-state index is -0.249. The summed E-state index contributed by atoms with van der Waals surface area (Å²) in [5.74, 6) is 0.908.